The third kappa shape index (κ3) is 2.21. The lowest BCUT2D eigenvalue weighted by Crippen LogP contribution is -2.51. The summed E-state index contributed by atoms with van der Waals surface area (Å²) < 4.78 is 0. The van der Waals surface area contributed by atoms with E-state index in [9.17, 15) is 9.90 Å². The van der Waals surface area contributed by atoms with E-state index in [1.54, 1.807) is 0 Å². The molecule has 0 aromatic heterocycles. The van der Waals surface area contributed by atoms with Gasteiger partial charge in [0, 0.05) is 17.4 Å². The molecule has 0 heterocycles. The predicted molar refractivity (Wildman–Crippen MR) is 92.0 cm³/mol. The number of aliphatic hydroxyl groups is 1. The number of halogens is 1. The van der Waals surface area contributed by atoms with E-state index >= 15 is 0 Å². The number of allylic oxidation sites excluding steroid dienone is 1. The topological polar surface area (TPSA) is 37.3 Å². The molecule has 23 heavy (non-hydrogen) atoms. The van der Waals surface area contributed by atoms with Crippen molar-refractivity contribution in [3.63, 3.8) is 0 Å². The van der Waals surface area contributed by atoms with Crippen molar-refractivity contribution in [3.05, 3.63) is 23.3 Å². The van der Waals surface area contributed by atoms with Gasteiger partial charge in [-0.2, -0.15) is 0 Å². The van der Waals surface area contributed by atoms with Gasteiger partial charge in [0.15, 0.2) is 5.78 Å². The molecule has 0 aromatic carbocycles. The van der Waals surface area contributed by atoms with Gasteiger partial charge in [0.25, 0.3) is 0 Å². The summed E-state index contributed by atoms with van der Waals surface area (Å²) in [7, 11) is 0. The third-order valence-electron chi connectivity index (χ3n) is 7.85. The Labute approximate surface area is 144 Å². The van der Waals surface area contributed by atoms with E-state index in [0.717, 1.165) is 44.4 Å². The first kappa shape index (κ1) is 15.9. The maximum Gasteiger partial charge on any atom is 0.155 e. The smallest absolute Gasteiger partial charge is 0.155 e. The minimum absolute atomic E-state index is 0.0364. The van der Waals surface area contributed by atoms with Crippen LogP contribution in [0.4, 0.5) is 0 Å². The highest BCUT2D eigenvalue weighted by Crippen LogP contribution is 2.65. The van der Waals surface area contributed by atoms with E-state index in [4.69, 9.17) is 11.6 Å². The van der Waals surface area contributed by atoms with Crippen LogP contribution in [0.5, 0.6) is 0 Å². The van der Waals surface area contributed by atoms with Crippen molar-refractivity contribution in [2.45, 2.75) is 63.9 Å². The first-order valence-corrected chi connectivity index (χ1v) is 9.66. The standard InChI is InChI=1S/C20H27ClO2/c1-19-8-6-16-15-5-3-14(22)12-13(15)2-4-17(16)18(19)7-9-20(19,23)10-11-21/h10-12,15-18,23H,2-9H2,1H3/b11-10-/t15-,16+,17+,18-,19-,20+/m0/s1. The van der Waals surface area contributed by atoms with Crippen molar-refractivity contribution in [2.75, 3.05) is 0 Å². The number of rotatable bonds is 1. The molecule has 4 aliphatic rings. The van der Waals surface area contributed by atoms with Crippen LogP contribution in [-0.2, 0) is 4.79 Å². The van der Waals surface area contributed by atoms with Gasteiger partial charge in [0.2, 0.25) is 0 Å². The quantitative estimate of drug-likeness (QED) is 0.760. The molecule has 0 amide bonds. The SMILES string of the molecule is C[C@]12CC[C@H]3[C@@H](CCC4=CC(=O)CC[C@@H]43)[C@@H]1CC[C@@]2(O)/C=C\Cl. The molecule has 0 aromatic rings. The van der Waals surface area contributed by atoms with Crippen LogP contribution in [0.25, 0.3) is 0 Å². The number of ketones is 1. The van der Waals surface area contributed by atoms with Crippen molar-refractivity contribution >= 4 is 17.4 Å². The van der Waals surface area contributed by atoms with E-state index in [2.05, 4.69) is 6.92 Å². The van der Waals surface area contributed by atoms with Gasteiger partial charge in [-0.15, -0.1) is 0 Å². The van der Waals surface area contributed by atoms with E-state index < -0.39 is 5.60 Å². The summed E-state index contributed by atoms with van der Waals surface area (Å²) in [5, 5.41) is 11.2. The summed E-state index contributed by atoms with van der Waals surface area (Å²) in [5.41, 5.74) is 2.17. The van der Waals surface area contributed by atoms with Crippen LogP contribution >= 0.6 is 11.6 Å². The van der Waals surface area contributed by atoms with Crippen molar-refractivity contribution in [2.24, 2.45) is 29.1 Å². The lowest BCUT2D eigenvalue weighted by molar-refractivity contribution is -0.116. The first-order chi connectivity index (χ1) is 11.0. The van der Waals surface area contributed by atoms with Gasteiger partial charge in [0.05, 0.1) is 5.60 Å². The van der Waals surface area contributed by atoms with Crippen LogP contribution in [0.1, 0.15) is 58.3 Å². The highest BCUT2D eigenvalue weighted by Gasteiger charge is 2.61. The molecule has 4 aliphatic carbocycles. The van der Waals surface area contributed by atoms with Gasteiger partial charge in [-0.3, -0.25) is 4.79 Å². The molecular formula is C20H27ClO2. The van der Waals surface area contributed by atoms with E-state index in [1.807, 2.05) is 12.2 Å². The fraction of sp³-hybridized carbons (Fsp3) is 0.750. The molecule has 3 saturated carbocycles. The van der Waals surface area contributed by atoms with Crippen LogP contribution in [0.15, 0.2) is 23.3 Å². The summed E-state index contributed by atoms with van der Waals surface area (Å²) >= 11 is 5.83. The Bertz CT molecular complexity index is 580. The summed E-state index contributed by atoms with van der Waals surface area (Å²) in [6, 6.07) is 0. The van der Waals surface area contributed by atoms with E-state index in [-0.39, 0.29) is 5.41 Å². The fourth-order valence-corrected chi connectivity index (χ4v) is 6.82. The minimum Gasteiger partial charge on any atom is -0.385 e. The molecule has 3 fully saturated rings. The van der Waals surface area contributed by atoms with Crippen LogP contribution < -0.4 is 0 Å². The molecular weight excluding hydrogens is 308 g/mol. The lowest BCUT2D eigenvalue weighted by atomic mass is 9.50. The van der Waals surface area contributed by atoms with Crippen molar-refractivity contribution in [1.82, 2.24) is 0 Å². The number of carbonyl (C=O) groups is 1. The van der Waals surface area contributed by atoms with Crippen LogP contribution in [0, 0.1) is 29.1 Å². The lowest BCUT2D eigenvalue weighted by Gasteiger charge is -2.55. The second-order valence-electron chi connectivity index (χ2n) is 8.52. The van der Waals surface area contributed by atoms with Gasteiger partial charge in [-0.05, 0) is 80.8 Å². The molecule has 0 bridgehead atoms. The molecule has 1 N–H and O–H groups in total. The van der Waals surface area contributed by atoms with Crippen molar-refractivity contribution < 1.29 is 9.90 Å². The van der Waals surface area contributed by atoms with E-state index in [1.165, 1.54) is 23.9 Å². The Kier molecular flexibility index (Phi) is 3.77. The summed E-state index contributed by atoms with van der Waals surface area (Å²) in [6.45, 7) is 2.29. The average Bonchev–Trinajstić information content (AvgIpc) is 2.79. The Balaban J connectivity index is 1.64. The summed E-state index contributed by atoms with van der Waals surface area (Å²) in [5.74, 6) is 3.00. The fourth-order valence-electron chi connectivity index (χ4n) is 6.61. The zero-order chi connectivity index (χ0) is 16.2. The first-order valence-electron chi connectivity index (χ1n) is 9.22. The van der Waals surface area contributed by atoms with E-state index in [0.29, 0.717) is 23.5 Å². The van der Waals surface area contributed by atoms with Crippen LogP contribution in [0.2, 0.25) is 0 Å². The molecule has 2 nitrogen and oxygen atoms in total. The number of hydrogen-bond donors (Lipinski definition) is 1. The Morgan fingerprint density at radius 1 is 1.17 bits per heavy atom. The molecule has 0 radical (unpaired) electrons. The van der Waals surface area contributed by atoms with Crippen LogP contribution in [-0.4, -0.2) is 16.5 Å². The Hall–Kier alpha value is -0.600. The molecule has 126 valence electrons. The number of hydrogen-bond acceptors (Lipinski definition) is 2. The van der Waals surface area contributed by atoms with Gasteiger partial charge in [-0.25, -0.2) is 0 Å². The zero-order valence-electron chi connectivity index (χ0n) is 13.9. The van der Waals surface area contributed by atoms with Gasteiger partial charge in [0.1, 0.15) is 0 Å². The highest BCUT2D eigenvalue weighted by molar-refractivity contribution is 6.25. The maximum atomic E-state index is 11.7. The number of fused-ring (bicyclic) bond motifs is 5. The van der Waals surface area contributed by atoms with Crippen molar-refractivity contribution in [3.8, 4) is 0 Å². The highest BCUT2D eigenvalue weighted by atomic mass is 35.5. The summed E-state index contributed by atoms with van der Waals surface area (Å²) in [4.78, 5) is 11.7. The molecule has 3 heteroatoms. The molecule has 4 rings (SSSR count). The third-order valence-corrected chi connectivity index (χ3v) is 7.98. The minimum atomic E-state index is -0.733. The second-order valence-corrected chi connectivity index (χ2v) is 8.77. The van der Waals surface area contributed by atoms with Crippen LogP contribution in [0.3, 0.4) is 0 Å². The monoisotopic (exact) mass is 334 g/mol. The predicted octanol–water partition coefficient (Wildman–Crippen LogP) is 4.61. The Morgan fingerprint density at radius 2 is 2.00 bits per heavy atom. The Morgan fingerprint density at radius 3 is 2.78 bits per heavy atom. The molecule has 0 unspecified atom stereocenters. The van der Waals surface area contributed by atoms with Crippen molar-refractivity contribution in [1.29, 1.82) is 0 Å². The maximum absolute atomic E-state index is 11.7. The second kappa shape index (κ2) is 5.46. The zero-order valence-corrected chi connectivity index (χ0v) is 14.7. The number of carbonyl (C=O) groups excluding carboxylic acids is 1. The molecule has 0 saturated heterocycles. The normalized spacial score (nSPS) is 49.5. The van der Waals surface area contributed by atoms with Gasteiger partial charge < -0.3 is 5.11 Å². The van der Waals surface area contributed by atoms with Gasteiger partial charge >= 0.3 is 0 Å². The average molecular weight is 335 g/mol. The summed E-state index contributed by atoms with van der Waals surface area (Å²) in [6.07, 6.45) is 12.1. The molecule has 6 atom stereocenters. The largest absolute Gasteiger partial charge is 0.385 e. The van der Waals surface area contributed by atoms with Gasteiger partial charge in [-0.1, -0.05) is 24.1 Å². The molecule has 0 aliphatic heterocycles. The molecule has 0 spiro atoms.